The average molecular weight is 256 g/mol. The van der Waals surface area contributed by atoms with Gasteiger partial charge in [-0.2, -0.15) is 0 Å². The van der Waals surface area contributed by atoms with Gasteiger partial charge in [-0.1, -0.05) is 19.4 Å². The van der Waals surface area contributed by atoms with Gasteiger partial charge in [-0.05, 0) is 37.5 Å². The van der Waals surface area contributed by atoms with Gasteiger partial charge in [0, 0.05) is 5.69 Å². The van der Waals surface area contributed by atoms with Gasteiger partial charge in [0.1, 0.15) is 0 Å². The average Bonchev–Trinajstić information content (AvgIpc) is 2.27. The number of sulfonamides is 1. The number of hydrogen-bond acceptors (Lipinski definition) is 3. The van der Waals surface area contributed by atoms with Crippen LogP contribution in [0.2, 0.25) is 0 Å². The SMILES string of the molecule is CCCCS(=O)(=O)Nc1c(C)ccc(N)c1C. The van der Waals surface area contributed by atoms with E-state index in [4.69, 9.17) is 5.73 Å². The van der Waals surface area contributed by atoms with Crippen LogP contribution in [0, 0.1) is 13.8 Å². The van der Waals surface area contributed by atoms with Crippen LogP contribution in [-0.4, -0.2) is 14.2 Å². The molecule has 96 valence electrons. The standard InChI is InChI=1S/C12H20N2O2S/c1-4-5-8-17(15,16)14-12-9(2)6-7-11(13)10(12)3/h6-7,14H,4-5,8,13H2,1-3H3. The molecule has 0 fully saturated rings. The van der Waals surface area contributed by atoms with Crippen molar-refractivity contribution in [3.05, 3.63) is 23.3 Å². The van der Waals surface area contributed by atoms with Gasteiger partial charge in [0.05, 0.1) is 11.4 Å². The Hall–Kier alpha value is -1.23. The van der Waals surface area contributed by atoms with Crippen molar-refractivity contribution < 1.29 is 8.42 Å². The predicted octanol–water partition coefficient (Wildman–Crippen LogP) is 2.43. The largest absolute Gasteiger partial charge is 0.398 e. The maximum absolute atomic E-state index is 11.8. The Morgan fingerprint density at radius 3 is 2.53 bits per heavy atom. The van der Waals surface area contributed by atoms with Gasteiger partial charge < -0.3 is 5.73 Å². The fraction of sp³-hybridized carbons (Fsp3) is 0.500. The third kappa shape index (κ3) is 3.63. The molecule has 1 aromatic carbocycles. The number of nitrogens with two attached hydrogens (primary N) is 1. The summed E-state index contributed by atoms with van der Waals surface area (Å²) in [4.78, 5) is 0. The fourth-order valence-electron chi connectivity index (χ4n) is 1.56. The van der Waals surface area contributed by atoms with Crippen LogP contribution in [0.5, 0.6) is 0 Å². The third-order valence-corrected chi connectivity index (χ3v) is 4.08. The van der Waals surface area contributed by atoms with E-state index in [0.717, 1.165) is 17.5 Å². The molecule has 0 unspecified atom stereocenters. The van der Waals surface area contributed by atoms with Gasteiger partial charge in [0.2, 0.25) is 10.0 Å². The molecule has 0 aromatic heterocycles. The zero-order valence-corrected chi connectivity index (χ0v) is 11.4. The fourth-order valence-corrected chi connectivity index (χ4v) is 2.96. The molecule has 4 nitrogen and oxygen atoms in total. The Labute approximate surface area is 103 Å². The van der Waals surface area contributed by atoms with E-state index in [1.165, 1.54) is 0 Å². The summed E-state index contributed by atoms with van der Waals surface area (Å²) < 4.78 is 26.3. The molecule has 1 rings (SSSR count). The molecule has 0 heterocycles. The molecule has 0 spiro atoms. The summed E-state index contributed by atoms with van der Waals surface area (Å²) in [5.41, 5.74) is 8.65. The molecule has 17 heavy (non-hydrogen) atoms. The maximum Gasteiger partial charge on any atom is 0.232 e. The lowest BCUT2D eigenvalue weighted by Crippen LogP contribution is -2.18. The number of nitrogens with one attached hydrogen (secondary N) is 1. The molecule has 0 saturated carbocycles. The molecule has 0 amide bonds. The maximum atomic E-state index is 11.8. The highest BCUT2D eigenvalue weighted by atomic mass is 32.2. The van der Waals surface area contributed by atoms with Crippen molar-refractivity contribution in [2.24, 2.45) is 0 Å². The van der Waals surface area contributed by atoms with E-state index in [2.05, 4.69) is 4.72 Å². The zero-order valence-electron chi connectivity index (χ0n) is 10.6. The van der Waals surface area contributed by atoms with Crippen LogP contribution in [-0.2, 0) is 10.0 Å². The summed E-state index contributed by atoms with van der Waals surface area (Å²) in [7, 11) is -3.26. The van der Waals surface area contributed by atoms with Crippen LogP contribution in [0.15, 0.2) is 12.1 Å². The summed E-state index contributed by atoms with van der Waals surface area (Å²) in [6.45, 7) is 5.65. The Balaban J connectivity index is 2.99. The second-order valence-corrected chi connectivity index (χ2v) is 6.09. The topological polar surface area (TPSA) is 72.2 Å². The Morgan fingerprint density at radius 2 is 1.94 bits per heavy atom. The first-order valence-electron chi connectivity index (χ1n) is 5.73. The molecule has 0 aliphatic rings. The van der Waals surface area contributed by atoms with Gasteiger partial charge in [0.15, 0.2) is 0 Å². The molecule has 0 saturated heterocycles. The van der Waals surface area contributed by atoms with E-state index in [9.17, 15) is 8.42 Å². The second kappa shape index (κ2) is 5.40. The highest BCUT2D eigenvalue weighted by Gasteiger charge is 2.13. The molecular formula is C12H20N2O2S. The van der Waals surface area contributed by atoms with E-state index in [0.29, 0.717) is 17.8 Å². The molecule has 5 heteroatoms. The normalized spacial score (nSPS) is 11.5. The van der Waals surface area contributed by atoms with Crippen molar-refractivity contribution in [1.29, 1.82) is 0 Å². The van der Waals surface area contributed by atoms with E-state index >= 15 is 0 Å². The van der Waals surface area contributed by atoms with Gasteiger partial charge in [-0.25, -0.2) is 8.42 Å². The molecule has 0 atom stereocenters. The molecular weight excluding hydrogens is 236 g/mol. The van der Waals surface area contributed by atoms with E-state index in [-0.39, 0.29) is 5.75 Å². The predicted molar refractivity (Wildman–Crippen MR) is 72.6 cm³/mol. The van der Waals surface area contributed by atoms with Crippen molar-refractivity contribution in [3.8, 4) is 0 Å². The number of rotatable bonds is 5. The van der Waals surface area contributed by atoms with Crippen LogP contribution in [0.4, 0.5) is 11.4 Å². The minimum atomic E-state index is -3.26. The summed E-state index contributed by atoms with van der Waals surface area (Å²) in [5, 5.41) is 0. The molecule has 0 radical (unpaired) electrons. The quantitative estimate of drug-likeness (QED) is 0.795. The molecule has 0 aliphatic carbocycles. The first-order valence-corrected chi connectivity index (χ1v) is 7.38. The van der Waals surface area contributed by atoms with Gasteiger partial charge in [-0.15, -0.1) is 0 Å². The number of unbranched alkanes of at least 4 members (excludes halogenated alkanes) is 1. The van der Waals surface area contributed by atoms with E-state index in [1.807, 2.05) is 26.8 Å². The van der Waals surface area contributed by atoms with Crippen molar-refractivity contribution in [3.63, 3.8) is 0 Å². The van der Waals surface area contributed by atoms with Crippen LogP contribution >= 0.6 is 0 Å². The zero-order chi connectivity index (χ0) is 13.1. The van der Waals surface area contributed by atoms with Crippen LogP contribution in [0.3, 0.4) is 0 Å². The van der Waals surface area contributed by atoms with Gasteiger partial charge in [-0.3, -0.25) is 4.72 Å². The van der Waals surface area contributed by atoms with Crippen molar-refractivity contribution in [1.82, 2.24) is 0 Å². The summed E-state index contributed by atoms with van der Waals surface area (Å²) in [5.74, 6) is 0.150. The van der Waals surface area contributed by atoms with Gasteiger partial charge in [0.25, 0.3) is 0 Å². The van der Waals surface area contributed by atoms with Crippen LogP contribution in [0.1, 0.15) is 30.9 Å². The van der Waals surface area contributed by atoms with Crippen molar-refractivity contribution in [2.45, 2.75) is 33.6 Å². The number of benzene rings is 1. The monoisotopic (exact) mass is 256 g/mol. The summed E-state index contributed by atoms with van der Waals surface area (Å²) >= 11 is 0. The lowest BCUT2D eigenvalue weighted by molar-refractivity contribution is 0.598. The molecule has 1 aromatic rings. The smallest absolute Gasteiger partial charge is 0.232 e. The lowest BCUT2D eigenvalue weighted by Gasteiger charge is -2.14. The molecule has 3 N–H and O–H groups in total. The number of anilines is 2. The highest BCUT2D eigenvalue weighted by Crippen LogP contribution is 2.26. The summed E-state index contributed by atoms with van der Waals surface area (Å²) in [6.07, 6.45) is 1.52. The Morgan fingerprint density at radius 1 is 1.29 bits per heavy atom. The first kappa shape index (κ1) is 13.8. The highest BCUT2D eigenvalue weighted by molar-refractivity contribution is 7.92. The third-order valence-electron chi connectivity index (χ3n) is 2.74. The number of nitrogen functional groups attached to an aromatic ring is 1. The van der Waals surface area contributed by atoms with E-state index in [1.54, 1.807) is 6.07 Å². The van der Waals surface area contributed by atoms with Crippen LogP contribution in [0.25, 0.3) is 0 Å². The summed E-state index contributed by atoms with van der Waals surface area (Å²) in [6, 6.07) is 3.61. The van der Waals surface area contributed by atoms with Crippen molar-refractivity contribution >= 4 is 21.4 Å². The molecule has 0 aliphatic heterocycles. The Bertz CT molecular complexity index is 495. The lowest BCUT2D eigenvalue weighted by atomic mass is 10.1. The minimum absolute atomic E-state index is 0.150. The molecule has 0 bridgehead atoms. The van der Waals surface area contributed by atoms with Crippen molar-refractivity contribution in [2.75, 3.05) is 16.2 Å². The first-order chi connectivity index (χ1) is 7.87. The van der Waals surface area contributed by atoms with E-state index < -0.39 is 10.0 Å². The van der Waals surface area contributed by atoms with Gasteiger partial charge >= 0.3 is 0 Å². The minimum Gasteiger partial charge on any atom is -0.398 e. The second-order valence-electron chi connectivity index (χ2n) is 4.25. The van der Waals surface area contributed by atoms with Crippen LogP contribution < -0.4 is 10.5 Å². The number of aryl methyl sites for hydroxylation is 1. The number of hydrogen-bond donors (Lipinski definition) is 2. The Kier molecular flexibility index (Phi) is 4.40.